The molecule has 0 aliphatic rings. The Kier molecular flexibility index (Phi) is 4.48. The largest absolute Gasteiger partial charge is 0.244 e. The second-order valence-corrected chi connectivity index (χ2v) is 4.35. The van der Waals surface area contributed by atoms with E-state index < -0.39 is 0 Å². The predicted octanol–water partition coefficient (Wildman–Crippen LogP) is 3.09. The molecule has 14 heavy (non-hydrogen) atoms. The molecule has 3 heteroatoms. The Bertz CT molecular complexity index is 330. The summed E-state index contributed by atoms with van der Waals surface area (Å²) in [5.41, 5.74) is 0.542. The van der Waals surface area contributed by atoms with Gasteiger partial charge in [0.1, 0.15) is 6.07 Å². The van der Waals surface area contributed by atoms with Crippen LogP contribution >= 0.6 is 11.8 Å². The molecule has 1 aromatic heterocycles. The van der Waals surface area contributed by atoms with Crippen molar-refractivity contribution in [2.24, 2.45) is 5.92 Å². The second kappa shape index (κ2) is 5.66. The number of nitriles is 1. The molecular weight excluding hydrogens is 192 g/mol. The van der Waals surface area contributed by atoms with Gasteiger partial charge in [-0.15, -0.1) is 11.8 Å². The number of hydrogen-bond acceptors (Lipinski definition) is 3. The molecule has 0 amide bonds. The van der Waals surface area contributed by atoms with E-state index in [0.717, 1.165) is 10.6 Å². The van der Waals surface area contributed by atoms with Crippen molar-refractivity contribution in [2.75, 3.05) is 5.75 Å². The van der Waals surface area contributed by atoms with E-state index in [1.54, 1.807) is 18.0 Å². The van der Waals surface area contributed by atoms with Gasteiger partial charge in [-0.1, -0.05) is 20.3 Å². The Morgan fingerprint density at radius 3 is 3.07 bits per heavy atom. The fourth-order valence-corrected chi connectivity index (χ4v) is 2.05. The zero-order valence-corrected chi connectivity index (χ0v) is 9.34. The Labute approximate surface area is 89.4 Å². The van der Waals surface area contributed by atoms with Gasteiger partial charge in [0.25, 0.3) is 0 Å². The lowest BCUT2D eigenvalue weighted by Gasteiger charge is -2.07. The van der Waals surface area contributed by atoms with E-state index in [0.29, 0.717) is 11.6 Å². The van der Waals surface area contributed by atoms with Gasteiger partial charge in [0, 0.05) is 16.8 Å². The highest BCUT2D eigenvalue weighted by Crippen LogP contribution is 2.23. The van der Waals surface area contributed by atoms with E-state index in [4.69, 9.17) is 5.26 Å². The van der Waals surface area contributed by atoms with Crippen LogP contribution in [-0.2, 0) is 0 Å². The molecule has 1 atom stereocenters. The Hall–Kier alpha value is -1.01. The Morgan fingerprint density at radius 1 is 1.64 bits per heavy atom. The van der Waals surface area contributed by atoms with Crippen molar-refractivity contribution in [3.05, 3.63) is 24.0 Å². The van der Waals surface area contributed by atoms with Crippen LogP contribution in [0.3, 0.4) is 0 Å². The third-order valence-corrected chi connectivity index (χ3v) is 3.47. The van der Waals surface area contributed by atoms with E-state index in [-0.39, 0.29) is 0 Å². The van der Waals surface area contributed by atoms with Crippen LogP contribution in [0.15, 0.2) is 23.2 Å². The van der Waals surface area contributed by atoms with E-state index in [1.165, 1.54) is 6.42 Å². The standard InChI is InChI=1S/C11H14N2S/c1-3-9(2)8-14-11-5-4-6-13-10(11)7-12/h4-6,9H,3,8H2,1-2H3. The highest BCUT2D eigenvalue weighted by Gasteiger charge is 2.05. The fraction of sp³-hybridized carbons (Fsp3) is 0.455. The average molecular weight is 206 g/mol. The lowest BCUT2D eigenvalue weighted by Crippen LogP contribution is -1.96. The second-order valence-electron chi connectivity index (χ2n) is 3.29. The third kappa shape index (κ3) is 3.04. The van der Waals surface area contributed by atoms with Crippen LogP contribution in [-0.4, -0.2) is 10.7 Å². The van der Waals surface area contributed by atoms with Crippen LogP contribution in [0, 0.1) is 17.2 Å². The number of aromatic nitrogens is 1. The van der Waals surface area contributed by atoms with Gasteiger partial charge in [-0.25, -0.2) is 4.98 Å². The summed E-state index contributed by atoms with van der Waals surface area (Å²) < 4.78 is 0. The molecule has 0 aliphatic heterocycles. The minimum Gasteiger partial charge on any atom is -0.244 e. The Morgan fingerprint density at radius 2 is 2.43 bits per heavy atom. The molecule has 0 aromatic carbocycles. The highest BCUT2D eigenvalue weighted by molar-refractivity contribution is 7.99. The molecule has 0 saturated heterocycles. The number of pyridine rings is 1. The summed E-state index contributed by atoms with van der Waals surface area (Å²) in [5, 5.41) is 8.82. The molecule has 1 aromatic rings. The molecule has 0 spiro atoms. The van der Waals surface area contributed by atoms with Gasteiger partial charge in [0.05, 0.1) is 0 Å². The summed E-state index contributed by atoms with van der Waals surface area (Å²) in [6.45, 7) is 4.40. The molecule has 0 N–H and O–H groups in total. The van der Waals surface area contributed by atoms with Gasteiger partial charge in [0.15, 0.2) is 5.69 Å². The van der Waals surface area contributed by atoms with Crippen molar-refractivity contribution in [1.82, 2.24) is 4.98 Å². The van der Waals surface area contributed by atoms with Crippen LogP contribution in [0.5, 0.6) is 0 Å². The third-order valence-electron chi connectivity index (χ3n) is 2.10. The van der Waals surface area contributed by atoms with Gasteiger partial charge in [-0.2, -0.15) is 5.26 Å². The van der Waals surface area contributed by atoms with Crippen LogP contribution in [0.25, 0.3) is 0 Å². The molecule has 0 aliphatic carbocycles. The maximum atomic E-state index is 8.82. The molecule has 0 bridgehead atoms. The quantitative estimate of drug-likeness (QED) is 0.710. The minimum absolute atomic E-state index is 0.542. The van der Waals surface area contributed by atoms with Gasteiger partial charge >= 0.3 is 0 Å². The molecule has 1 unspecified atom stereocenters. The topological polar surface area (TPSA) is 36.7 Å². The smallest absolute Gasteiger partial charge is 0.153 e. The SMILES string of the molecule is CCC(C)CSc1cccnc1C#N. The van der Waals surface area contributed by atoms with Gasteiger partial charge in [-0.3, -0.25) is 0 Å². The van der Waals surface area contributed by atoms with Crippen LogP contribution in [0.1, 0.15) is 26.0 Å². The van der Waals surface area contributed by atoms with Crippen molar-refractivity contribution >= 4 is 11.8 Å². The van der Waals surface area contributed by atoms with Crippen molar-refractivity contribution in [1.29, 1.82) is 5.26 Å². The lowest BCUT2D eigenvalue weighted by molar-refractivity contribution is 0.637. The normalized spacial score (nSPS) is 12.1. The monoisotopic (exact) mass is 206 g/mol. The summed E-state index contributed by atoms with van der Waals surface area (Å²) in [7, 11) is 0. The van der Waals surface area contributed by atoms with Crippen LogP contribution < -0.4 is 0 Å². The zero-order chi connectivity index (χ0) is 10.4. The zero-order valence-electron chi connectivity index (χ0n) is 8.53. The maximum Gasteiger partial charge on any atom is 0.153 e. The molecule has 2 nitrogen and oxygen atoms in total. The average Bonchev–Trinajstić information content (AvgIpc) is 2.26. The van der Waals surface area contributed by atoms with E-state index >= 15 is 0 Å². The summed E-state index contributed by atoms with van der Waals surface area (Å²) in [6, 6.07) is 5.94. The van der Waals surface area contributed by atoms with Crippen LogP contribution in [0.4, 0.5) is 0 Å². The molecule has 0 fully saturated rings. The number of rotatable bonds is 4. The first-order chi connectivity index (χ1) is 6.77. The van der Waals surface area contributed by atoms with Crippen molar-refractivity contribution < 1.29 is 0 Å². The molecular formula is C11H14N2S. The number of thioether (sulfide) groups is 1. The molecule has 74 valence electrons. The lowest BCUT2D eigenvalue weighted by atomic mass is 10.2. The van der Waals surface area contributed by atoms with Gasteiger partial charge in [0.2, 0.25) is 0 Å². The van der Waals surface area contributed by atoms with Crippen molar-refractivity contribution in [3.63, 3.8) is 0 Å². The molecule has 0 radical (unpaired) electrons. The first kappa shape index (κ1) is 11.1. The first-order valence-corrected chi connectivity index (χ1v) is 5.74. The maximum absolute atomic E-state index is 8.82. The Balaban J connectivity index is 2.63. The highest BCUT2D eigenvalue weighted by atomic mass is 32.2. The number of nitrogens with zero attached hydrogens (tertiary/aromatic N) is 2. The van der Waals surface area contributed by atoms with E-state index in [9.17, 15) is 0 Å². The van der Waals surface area contributed by atoms with Gasteiger partial charge < -0.3 is 0 Å². The van der Waals surface area contributed by atoms with E-state index in [1.807, 2.05) is 12.1 Å². The van der Waals surface area contributed by atoms with Crippen molar-refractivity contribution in [2.45, 2.75) is 25.2 Å². The fourth-order valence-electron chi connectivity index (χ4n) is 0.941. The van der Waals surface area contributed by atoms with Gasteiger partial charge in [-0.05, 0) is 18.1 Å². The van der Waals surface area contributed by atoms with E-state index in [2.05, 4.69) is 24.9 Å². The summed E-state index contributed by atoms with van der Waals surface area (Å²) in [4.78, 5) is 5.01. The predicted molar refractivity (Wildman–Crippen MR) is 59.1 cm³/mol. The summed E-state index contributed by atoms with van der Waals surface area (Å²) in [6.07, 6.45) is 2.83. The molecule has 1 heterocycles. The molecule has 1 rings (SSSR count). The number of hydrogen-bond donors (Lipinski definition) is 0. The first-order valence-electron chi connectivity index (χ1n) is 4.75. The summed E-state index contributed by atoms with van der Waals surface area (Å²) >= 11 is 1.72. The minimum atomic E-state index is 0.542. The van der Waals surface area contributed by atoms with Crippen LogP contribution in [0.2, 0.25) is 0 Å². The van der Waals surface area contributed by atoms with Crippen molar-refractivity contribution in [3.8, 4) is 6.07 Å². The molecule has 0 saturated carbocycles. The summed E-state index contributed by atoms with van der Waals surface area (Å²) in [5.74, 6) is 1.74.